The van der Waals surface area contributed by atoms with E-state index in [-0.39, 0.29) is 5.91 Å². The molecule has 1 aliphatic rings. The number of carbonyl (C=O) groups excluding carboxylic acids is 1. The van der Waals surface area contributed by atoms with E-state index in [4.69, 9.17) is 10.5 Å². The van der Waals surface area contributed by atoms with Crippen LogP contribution in [0.2, 0.25) is 0 Å². The molecule has 0 radical (unpaired) electrons. The van der Waals surface area contributed by atoms with Crippen LogP contribution in [0.3, 0.4) is 0 Å². The molecule has 0 bridgehead atoms. The summed E-state index contributed by atoms with van der Waals surface area (Å²) in [6, 6.07) is 5.83. The highest BCUT2D eigenvalue weighted by atomic mass is 16.5. The summed E-state index contributed by atoms with van der Waals surface area (Å²) >= 11 is 0. The fourth-order valence-corrected chi connectivity index (χ4v) is 2.03. The zero-order valence-electron chi connectivity index (χ0n) is 10.5. The second-order valence-corrected chi connectivity index (χ2v) is 4.83. The molecule has 0 fully saturated rings. The SMILES string of the molecule is Cc1ccc2c(c1)OC(C)(C)C(=O)N2CCN. The first-order valence-electron chi connectivity index (χ1n) is 5.77. The normalized spacial score (nSPS) is 17.6. The molecule has 92 valence electrons. The van der Waals surface area contributed by atoms with Crippen molar-refractivity contribution in [3.8, 4) is 5.75 Å². The van der Waals surface area contributed by atoms with E-state index < -0.39 is 5.60 Å². The summed E-state index contributed by atoms with van der Waals surface area (Å²) in [6.45, 7) is 6.52. The highest BCUT2D eigenvalue weighted by Crippen LogP contribution is 2.37. The van der Waals surface area contributed by atoms with E-state index in [1.807, 2.05) is 25.1 Å². The predicted molar refractivity (Wildman–Crippen MR) is 67.3 cm³/mol. The topological polar surface area (TPSA) is 55.6 Å². The lowest BCUT2D eigenvalue weighted by atomic mass is 10.0. The molecule has 2 rings (SSSR count). The summed E-state index contributed by atoms with van der Waals surface area (Å²) in [7, 11) is 0. The molecule has 0 aliphatic carbocycles. The van der Waals surface area contributed by atoms with Crippen molar-refractivity contribution in [3.63, 3.8) is 0 Å². The third kappa shape index (κ3) is 2.00. The largest absolute Gasteiger partial charge is 0.476 e. The average molecular weight is 234 g/mol. The van der Waals surface area contributed by atoms with E-state index in [9.17, 15) is 4.79 Å². The lowest BCUT2D eigenvalue weighted by Crippen LogP contribution is -2.53. The second-order valence-electron chi connectivity index (χ2n) is 4.83. The minimum absolute atomic E-state index is 0.0423. The molecule has 1 heterocycles. The van der Waals surface area contributed by atoms with Crippen molar-refractivity contribution in [1.29, 1.82) is 0 Å². The Hall–Kier alpha value is -1.55. The lowest BCUT2D eigenvalue weighted by molar-refractivity contribution is -0.132. The molecule has 1 aromatic carbocycles. The quantitative estimate of drug-likeness (QED) is 0.842. The molecule has 4 nitrogen and oxygen atoms in total. The highest BCUT2D eigenvalue weighted by molar-refractivity contribution is 6.02. The minimum atomic E-state index is -0.823. The van der Waals surface area contributed by atoms with E-state index in [2.05, 4.69) is 0 Å². The molecule has 0 aromatic heterocycles. The van der Waals surface area contributed by atoms with Crippen LogP contribution in [0.4, 0.5) is 5.69 Å². The molecular weight excluding hydrogens is 216 g/mol. The summed E-state index contributed by atoms with van der Waals surface area (Å²) in [4.78, 5) is 13.9. The van der Waals surface area contributed by atoms with Gasteiger partial charge in [-0.3, -0.25) is 4.79 Å². The smallest absolute Gasteiger partial charge is 0.270 e. The van der Waals surface area contributed by atoms with Crippen LogP contribution >= 0.6 is 0 Å². The zero-order chi connectivity index (χ0) is 12.6. The Morgan fingerprint density at radius 1 is 1.41 bits per heavy atom. The zero-order valence-corrected chi connectivity index (χ0v) is 10.5. The summed E-state index contributed by atoms with van der Waals surface area (Å²) < 4.78 is 5.76. The van der Waals surface area contributed by atoms with Crippen molar-refractivity contribution in [3.05, 3.63) is 23.8 Å². The number of amides is 1. The number of nitrogens with zero attached hydrogens (tertiary/aromatic N) is 1. The van der Waals surface area contributed by atoms with Crippen molar-refractivity contribution in [1.82, 2.24) is 0 Å². The molecule has 17 heavy (non-hydrogen) atoms. The molecule has 4 heteroatoms. The van der Waals surface area contributed by atoms with Gasteiger partial charge < -0.3 is 15.4 Å². The summed E-state index contributed by atoms with van der Waals surface area (Å²) in [5.41, 5.74) is 6.66. The second kappa shape index (κ2) is 4.04. The van der Waals surface area contributed by atoms with Gasteiger partial charge in [-0.1, -0.05) is 6.07 Å². The number of rotatable bonds is 2. The first-order chi connectivity index (χ1) is 7.95. The van der Waals surface area contributed by atoms with Gasteiger partial charge in [0.1, 0.15) is 5.75 Å². The average Bonchev–Trinajstić information content (AvgIpc) is 2.24. The molecule has 0 atom stereocenters. The van der Waals surface area contributed by atoms with Crippen LogP contribution in [0, 0.1) is 6.92 Å². The molecule has 1 aliphatic heterocycles. The maximum atomic E-state index is 12.2. The van der Waals surface area contributed by atoms with Crippen molar-refractivity contribution < 1.29 is 9.53 Å². The molecule has 0 unspecified atom stereocenters. The fraction of sp³-hybridized carbons (Fsp3) is 0.462. The van der Waals surface area contributed by atoms with Crippen LogP contribution in [0.15, 0.2) is 18.2 Å². The van der Waals surface area contributed by atoms with E-state index in [1.54, 1.807) is 18.7 Å². The molecule has 1 amide bonds. The van der Waals surface area contributed by atoms with Gasteiger partial charge in [-0.2, -0.15) is 0 Å². The Bertz CT molecular complexity index is 455. The number of nitrogens with two attached hydrogens (primary N) is 1. The van der Waals surface area contributed by atoms with Crippen LogP contribution in [-0.4, -0.2) is 24.6 Å². The van der Waals surface area contributed by atoms with E-state index in [1.165, 1.54) is 0 Å². The third-order valence-electron chi connectivity index (χ3n) is 2.88. The summed E-state index contributed by atoms with van der Waals surface area (Å²) in [5.74, 6) is 0.711. The number of aryl methyl sites for hydroxylation is 1. The Kier molecular flexibility index (Phi) is 2.83. The Morgan fingerprint density at radius 3 is 2.76 bits per heavy atom. The number of hydrogen-bond donors (Lipinski definition) is 1. The molecule has 2 N–H and O–H groups in total. The van der Waals surface area contributed by atoms with Crippen LogP contribution in [0.1, 0.15) is 19.4 Å². The first kappa shape index (κ1) is 11.9. The van der Waals surface area contributed by atoms with Gasteiger partial charge >= 0.3 is 0 Å². The van der Waals surface area contributed by atoms with Gasteiger partial charge in [-0.05, 0) is 38.5 Å². The monoisotopic (exact) mass is 234 g/mol. The third-order valence-corrected chi connectivity index (χ3v) is 2.88. The van der Waals surface area contributed by atoms with Crippen LogP contribution in [0.5, 0.6) is 5.75 Å². The standard InChI is InChI=1S/C13H18N2O2/c1-9-4-5-10-11(8-9)17-13(2,3)12(16)15(10)7-6-14/h4-5,8H,6-7,14H2,1-3H3. The van der Waals surface area contributed by atoms with Gasteiger partial charge in [-0.25, -0.2) is 0 Å². The van der Waals surface area contributed by atoms with Gasteiger partial charge in [-0.15, -0.1) is 0 Å². The maximum Gasteiger partial charge on any atom is 0.270 e. The van der Waals surface area contributed by atoms with Crippen LogP contribution < -0.4 is 15.4 Å². The lowest BCUT2D eigenvalue weighted by Gasteiger charge is -2.38. The summed E-state index contributed by atoms with van der Waals surface area (Å²) in [6.07, 6.45) is 0. The fourth-order valence-electron chi connectivity index (χ4n) is 2.03. The van der Waals surface area contributed by atoms with Gasteiger partial charge in [0.15, 0.2) is 5.60 Å². The maximum absolute atomic E-state index is 12.2. The van der Waals surface area contributed by atoms with Crippen LogP contribution in [0.25, 0.3) is 0 Å². The van der Waals surface area contributed by atoms with E-state index in [0.717, 1.165) is 17.0 Å². The van der Waals surface area contributed by atoms with E-state index >= 15 is 0 Å². The van der Waals surface area contributed by atoms with Crippen molar-refractivity contribution in [2.75, 3.05) is 18.0 Å². The number of ether oxygens (including phenoxy) is 1. The van der Waals surface area contributed by atoms with Gasteiger partial charge in [0.05, 0.1) is 5.69 Å². The molecule has 0 spiro atoms. The van der Waals surface area contributed by atoms with E-state index in [0.29, 0.717) is 13.1 Å². The Labute approximate surface area is 101 Å². The van der Waals surface area contributed by atoms with Gasteiger partial charge in [0, 0.05) is 13.1 Å². The Balaban J connectivity index is 2.50. The number of carbonyl (C=O) groups is 1. The molecular formula is C13H18N2O2. The molecule has 0 saturated heterocycles. The highest BCUT2D eigenvalue weighted by Gasteiger charge is 2.40. The number of benzene rings is 1. The van der Waals surface area contributed by atoms with Crippen molar-refractivity contribution in [2.24, 2.45) is 5.73 Å². The summed E-state index contributed by atoms with van der Waals surface area (Å²) in [5, 5.41) is 0. The molecule has 1 aromatic rings. The number of hydrogen-bond acceptors (Lipinski definition) is 3. The number of fused-ring (bicyclic) bond motifs is 1. The number of anilines is 1. The first-order valence-corrected chi connectivity index (χ1v) is 5.77. The van der Waals surface area contributed by atoms with Crippen molar-refractivity contribution in [2.45, 2.75) is 26.4 Å². The molecule has 0 saturated carbocycles. The Morgan fingerprint density at radius 2 is 2.12 bits per heavy atom. The predicted octanol–water partition coefficient (Wildman–Crippen LogP) is 1.46. The van der Waals surface area contributed by atoms with Crippen molar-refractivity contribution >= 4 is 11.6 Å². The van der Waals surface area contributed by atoms with Gasteiger partial charge in [0.25, 0.3) is 5.91 Å². The van der Waals surface area contributed by atoms with Crippen LogP contribution in [-0.2, 0) is 4.79 Å². The minimum Gasteiger partial charge on any atom is -0.476 e. The van der Waals surface area contributed by atoms with Gasteiger partial charge in [0.2, 0.25) is 0 Å².